The molecule has 1 aromatic rings. The maximum absolute atomic E-state index is 13.8. The fourth-order valence-electron chi connectivity index (χ4n) is 6.76. The quantitative estimate of drug-likeness (QED) is 0.537. The number of dihydropyridines is 1. The summed E-state index contributed by atoms with van der Waals surface area (Å²) in [5, 5.41) is 13.7. The minimum atomic E-state index is -0.726. The molecule has 3 N–H and O–H groups in total. The number of nitrogens with zero attached hydrogens (tertiary/aromatic N) is 3. The van der Waals surface area contributed by atoms with Crippen LogP contribution in [0.15, 0.2) is 44.3 Å². The lowest BCUT2D eigenvalue weighted by atomic mass is 9.78. The largest absolute Gasteiger partial charge is 0.381 e. The van der Waals surface area contributed by atoms with Crippen LogP contribution in [0.3, 0.4) is 0 Å². The van der Waals surface area contributed by atoms with Crippen LogP contribution in [0, 0.1) is 19.8 Å². The van der Waals surface area contributed by atoms with E-state index in [2.05, 4.69) is 61.3 Å². The molecule has 4 aliphatic heterocycles. The molecule has 5 rings (SSSR count). The van der Waals surface area contributed by atoms with E-state index in [9.17, 15) is 9.59 Å². The Hall–Kier alpha value is -3.04. The Bertz CT molecular complexity index is 1340. The number of carbonyl (C=O) groups is 1. The van der Waals surface area contributed by atoms with Gasteiger partial charge in [-0.3, -0.25) is 19.6 Å². The van der Waals surface area contributed by atoms with Crippen LogP contribution in [0.5, 0.6) is 0 Å². The van der Waals surface area contributed by atoms with Gasteiger partial charge in [-0.2, -0.15) is 5.10 Å². The van der Waals surface area contributed by atoms with Gasteiger partial charge in [0.2, 0.25) is 5.91 Å². The van der Waals surface area contributed by atoms with Crippen LogP contribution in [0.2, 0.25) is 0 Å². The fourth-order valence-corrected chi connectivity index (χ4v) is 6.76. The number of aromatic nitrogens is 1. The number of H-pyrrole nitrogens is 1. The summed E-state index contributed by atoms with van der Waals surface area (Å²) >= 11 is 0. The predicted octanol–water partition coefficient (Wildman–Crippen LogP) is 3.28. The number of rotatable bonds is 5. The number of hydrogen-bond donors (Lipinski definition) is 3. The third-order valence-electron chi connectivity index (χ3n) is 8.24. The Kier molecular flexibility index (Phi) is 6.96. The second kappa shape index (κ2) is 9.86. The summed E-state index contributed by atoms with van der Waals surface area (Å²) in [5.74, 6) is -0.504. The lowest BCUT2D eigenvalue weighted by molar-refractivity contribution is -0.118. The van der Waals surface area contributed by atoms with Gasteiger partial charge in [0.05, 0.1) is 17.7 Å². The van der Waals surface area contributed by atoms with E-state index in [0.717, 1.165) is 41.8 Å². The van der Waals surface area contributed by atoms with Crippen molar-refractivity contribution < 1.29 is 9.53 Å². The molecule has 4 aliphatic rings. The van der Waals surface area contributed by atoms with E-state index in [1.54, 1.807) is 0 Å². The van der Waals surface area contributed by atoms with E-state index in [4.69, 9.17) is 14.8 Å². The van der Waals surface area contributed by atoms with Crippen molar-refractivity contribution in [2.75, 3.05) is 13.2 Å². The molecule has 0 aromatic carbocycles. The number of nitrogens with one attached hydrogen (secondary N) is 3. The molecule has 2 atom stereocenters. The van der Waals surface area contributed by atoms with E-state index in [0.29, 0.717) is 24.4 Å². The van der Waals surface area contributed by atoms with E-state index < -0.39 is 5.66 Å². The van der Waals surface area contributed by atoms with Crippen LogP contribution < -0.4 is 16.2 Å². The highest BCUT2D eigenvalue weighted by Crippen LogP contribution is 2.43. The Labute approximate surface area is 230 Å². The first-order chi connectivity index (χ1) is 18.3. The second-order valence-electron chi connectivity index (χ2n) is 12.8. The number of hydrazone groups is 1. The van der Waals surface area contributed by atoms with Gasteiger partial charge in [0.25, 0.3) is 5.56 Å². The average Bonchev–Trinajstić information content (AvgIpc) is 3.18. The molecule has 0 radical (unpaired) electrons. The van der Waals surface area contributed by atoms with Crippen molar-refractivity contribution in [1.82, 2.24) is 20.6 Å². The number of ether oxygens (including phenoxy) is 1. The zero-order chi connectivity index (χ0) is 28.2. The lowest BCUT2D eigenvalue weighted by Gasteiger charge is -2.45. The average molecular weight is 535 g/mol. The molecular weight excluding hydrogens is 492 g/mol. The maximum atomic E-state index is 13.8. The molecule has 9 heteroatoms. The van der Waals surface area contributed by atoms with Crippen molar-refractivity contribution in [3.8, 4) is 0 Å². The van der Waals surface area contributed by atoms with Gasteiger partial charge in [-0.1, -0.05) is 6.08 Å². The zero-order valence-corrected chi connectivity index (χ0v) is 24.3. The molecule has 1 fully saturated rings. The Morgan fingerprint density at radius 3 is 2.56 bits per heavy atom. The summed E-state index contributed by atoms with van der Waals surface area (Å²) in [7, 11) is 0. The van der Waals surface area contributed by atoms with Crippen molar-refractivity contribution in [3.05, 3.63) is 56.5 Å². The molecule has 1 saturated heterocycles. The summed E-state index contributed by atoms with van der Waals surface area (Å²) in [6, 6.07) is 2.12. The van der Waals surface area contributed by atoms with Crippen LogP contribution in [0.4, 0.5) is 0 Å². The van der Waals surface area contributed by atoms with Gasteiger partial charge in [-0.25, -0.2) is 0 Å². The number of pyridine rings is 1. The minimum Gasteiger partial charge on any atom is -0.381 e. The highest BCUT2D eigenvalue weighted by Gasteiger charge is 2.51. The van der Waals surface area contributed by atoms with Gasteiger partial charge in [0.1, 0.15) is 0 Å². The predicted molar refractivity (Wildman–Crippen MR) is 154 cm³/mol. The second-order valence-corrected chi connectivity index (χ2v) is 12.8. The Morgan fingerprint density at radius 1 is 1.18 bits per heavy atom. The topological polar surface area (TPSA) is 111 Å². The maximum Gasteiger partial charge on any atom is 0.253 e. The van der Waals surface area contributed by atoms with E-state index in [1.807, 2.05) is 32.2 Å². The molecule has 1 amide bonds. The summed E-state index contributed by atoms with van der Waals surface area (Å²) in [5.41, 5.74) is 3.56. The first-order valence-electron chi connectivity index (χ1n) is 14.0. The standard InChI is InChI=1S/C30H42N6O3/c1-18-12-19(2)33-27(38)23(18)16-31-26(37)22-13-25(20-14-28(3,4)35-29(5,6)15-20)34-30(7)24(22)17-32-36(30)21-8-10-39-11-9-21/h12-14,17,21,24,35H,8-11,15-16H2,1-7H3,(H,31,37)(H,33,38). The molecule has 210 valence electrons. The molecule has 0 bridgehead atoms. The van der Waals surface area contributed by atoms with Crippen LogP contribution in [-0.2, 0) is 16.1 Å². The summed E-state index contributed by atoms with van der Waals surface area (Å²) in [6.45, 7) is 16.1. The van der Waals surface area contributed by atoms with Gasteiger partial charge in [-0.15, -0.1) is 0 Å². The van der Waals surface area contributed by atoms with Crippen molar-refractivity contribution in [2.45, 2.75) is 97.1 Å². The van der Waals surface area contributed by atoms with Crippen LogP contribution in [0.25, 0.3) is 0 Å². The van der Waals surface area contributed by atoms with Crippen LogP contribution in [0.1, 0.15) is 70.7 Å². The molecule has 0 aliphatic carbocycles. The van der Waals surface area contributed by atoms with Crippen LogP contribution in [-0.4, -0.2) is 63.8 Å². The molecule has 0 spiro atoms. The number of fused-ring (bicyclic) bond motifs is 1. The summed E-state index contributed by atoms with van der Waals surface area (Å²) in [6.07, 6.45) is 8.58. The SMILES string of the molecule is Cc1cc(C)c(CNC(=O)C2=CC(C3=CC(C)(C)NC(C)(C)C3)=NC3(C)C2C=NN3C2CCOCC2)c(=O)[nH]1. The van der Waals surface area contributed by atoms with Gasteiger partial charge >= 0.3 is 0 Å². The third kappa shape index (κ3) is 5.39. The number of hydrogen-bond acceptors (Lipinski definition) is 7. The smallest absolute Gasteiger partial charge is 0.253 e. The van der Waals surface area contributed by atoms with E-state index in [1.165, 1.54) is 0 Å². The van der Waals surface area contributed by atoms with Gasteiger partial charge in [0.15, 0.2) is 5.66 Å². The zero-order valence-electron chi connectivity index (χ0n) is 24.3. The Balaban J connectivity index is 1.51. The van der Waals surface area contributed by atoms with Gasteiger partial charge < -0.3 is 20.4 Å². The van der Waals surface area contributed by atoms with Crippen LogP contribution >= 0.6 is 0 Å². The highest BCUT2D eigenvalue weighted by atomic mass is 16.5. The molecule has 0 saturated carbocycles. The number of amides is 1. The lowest BCUT2D eigenvalue weighted by Crippen LogP contribution is -2.56. The normalized spacial score (nSPS) is 27.9. The van der Waals surface area contributed by atoms with Gasteiger partial charge in [-0.05, 0) is 91.0 Å². The molecule has 9 nitrogen and oxygen atoms in total. The molecule has 1 aromatic heterocycles. The van der Waals surface area contributed by atoms with Crippen molar-refractivity contribution in [3.63, 3.8) is 0 Å². The first kappa shape index (κ1) is 27.5. The van der Waals surface area contributed by atoms with Gasteiger partial charge in [0, 0.05) is 53.9 Å². The van der Waals surface area contributed by atoms with Crippen molar-refractivity contribution >= 4 is 17.8 Å². The number of aromatic amines is 1. The molecular formula is C30H42N6O3. The Morgan fingerprint density at radius 2 is 1.90 bits per heavy atom. The summed E-state index contributed by atoms with van der Waals surface area (Å²) in [4.78, 5) is 34.6. The number of aryl methyl sites for hydroxylation is 2. The third-order valence-corrected chi connectivity index (χ3v) is 8.24. The molecule has 2 unspecified atom stereocenters. The first-order valence-corrected chi connectivity index (χ1v) is 14.0. The minimum absolute atomic E-state index is 0.124. The number of carbonyl (C=O) groups excluding carboxylic acids is 1. The number of allylic oxidation sites excluding steroid dienone is 1. The number of aliphatic imine (C=N–C) groups is 1. The van der Waals surface area contributed by atoms with Crippen molar-refractivity contribution in [2.24, 2.45) is 16.0 Å². The van der Waals surface area contributed by atoms with Crippen molar-refractivity contribution in [1.29, 1.82) is 0 Å². The van der Waals surface area contributed by atoms with E-state index >= 15 is 0 Å². The fraction of sp³-hybridized carbons (Fsp3) is 0.600. The highest BCUT2D eigenvalue weighted by molar-refractivity contribution is 6.15. The van der Waals surface area contributed by atoms with E-state index in [-0.39, 0.29) is 41.0 Å². The summed E-state index contributed by atoms with van der Waals surface area (Å²) < 4.78 is 5.62. The molecule has 5 heterocycles. The monoisotopic (exact) mass is 534 g/mol. The molecule has 39 heavy (non-hydrogen) atoms.